The number of carbonyl (C=O) groups is 1. The van der Waals surface area contributed by atoms with Crippen molar-refractivity contribution in [1.29, 1.82) is 0 Å². The molecule has 0 radical (unpaired) electrons. The molecule has 0 aliphatic carbocycles. The minimum Gasteiger partial charge on any atom is -0.437 e. The fourth-order valence-electron chi connectivity index (χ4n) is 1.39. The summed E-state index contributed by atoms with van der Waals surface area (Å²) in [5.41, 5.74) is 6.61. The van der Waals surface area contributed by atoms with Gasteiger partial charge in [0, 0.05) is 11.9 Å². The van der Waals surface area contributed by atoms with Crippen molar-refractivity contribution in [3.63, 3.8) is 0 Å². The Labute approximate surface area is 118 Å². The number of Topliss-reactive ketones (excluding diaryl/α,β-unsaturated/α-hetero) is 1. The minimum atomic E-state index is -0.110. The normalized spacial score (nSPS) is 10.1. The number of aromatic nitrogens is 2. The Bertz CT molecular complexity index is 602. The van der Waals surface area contributed by atoms with E-state index >= 15 is 0 Å². The molecule has 0 saturated carbocycles. The van der Waals surface area contributed by atoms with E-state index in [1.807, 2.05) is 0 Å². The standard InChI is InChI=1S/C12H10IN3O2/c1-7(17)9-4-8(14)2-3-11(9)18-12-10(13)5-15-6-16-12/h2-6H,14H2,1H3. The maximum Gasteiger partial charge on any atom is 0.235 e. The first-order valence-corrected chi connectivity index (χ1v) is 6.19. The van der Waals surface area contributed by atoms with Crippen LogP contribution >= 0.6 is 22.6 Å². The lowest BCUT2D eigenvalue weighted by Crippen LogP contribution is -2.00. The van der Waals surface area contributed by atoms with Gasteiger partial charge in [0.2, 0.25) is 5.88 Å². The van der Waals surface area contributed by atoms with Crippen molar-refractivity contribution in [1.82, 2.24) is 9.97 Å². The van der Waals surface area contributed by atoms with Gasteiger partial charge in [0.15, 0.2) is 5.78 Å². The van der Waals surface area contributed by atoms with E-state index in [2.05, 4.69) is 32.6 Å². The van der Waals surface area contributed by atoms with E-state index in [1.54, 1.807) is 24.4 Å². The van der Waals surface area contributed by atoms with Crippen molar-refractivity contribution in [3.05, 3.63) is 39.9 Å². The van der Waals surface area contributed by atoms with Gasteiger partial charge in [-0.25, -0.2) is 9.97 Å². The van der Waals surface area contributed by atoms with Crippen LogP contribution in [0.4, 0.5) is 5.69 Å². The molecular formula is C12H10IN3O2. The summed E-state index contributed by atoms with van der Waals surface area (Å²) in [6, 6.07) is 4.92. The number of hydrogen-bond acceptors (Lipinski definition) is 5. The Morgan fingerprint density at radius 1 is 1.44 bits per heavy atom. The lowest BCUT2D eigenvalue weighted by Gasteiger charge is -2.09. The first-order valence-electron chi connectivity index (χ1n) is 5.11. The number of rotatable bonds is 3. The molecule has 0 atom stereocenters. The van der Waals surface area contributed by atoms with E-state index in [0.29, 0.717) is 22.9 Å². The van der Waals surface area contributed by atoms with Crippen LogP contribution < -0.4 is 10.5 Å². The molecule has 0 unspecified atom stereocenters. The van der Waals surface area contributed by atoms with Crippen molar-refractivity contribution >= 4 is 34.1 Å². The third-order valence-electron chi connectivity index (χ3n) is 2.22. The first-order chi connectivity index (χ1) is 8.58. The fourth-order valence-corrected chi connectivity index (χ4v) is 1.80. The number of nitrogens with zero attached hydrogens (tertiary/aromatic N) is 2. The summed E-state index contributed by atoms with van der Waals surface area (Å²) in [7, 11) is 0. The Morgan fingerprint density at radius 2 is 2.22 bits per heavy atom. The number of ketones is 1. The molecule has 0 fully saturated rings. The van der Waals surface area contributed by atoms with Crippen molar-refractivity contribution in [2.24, 2.45) is 0 Å². The van der Waals surface area contributed by atoms with E-state index in [1.165, 1.54) is 13.3 Å². The van der Waals surface area contributed by atoms with Crippen molar-refractivity contribution in [2.45, 2.75) is 6.92 Å². The van der Waals surface area contributed by atoms with Crippen LogP contribution in [0, 0.1) is 3.57 Å². The zero-order valence-corrected chi connectivity index (χ0v) is 11.7. The zero-order chi connectivity index (χ0) is 13.1. The molecule has 0 bridgehead atoms. The summed E-state index contributed by atoms with van der Waals surface area (Å²) in [4.78, 5) is 19.4. The third-order valence-corrected chi connectivity index (χ3v) is 2.96. The Hall–Kier alpha value is -1.70. The summed E-state index contributed by atoms with van der Waals surface area (Å²) in [5, 5.41) is 0. The fraction of sp³-hybridized carbons (Fsp3) is 0.0833. The largest absolute Gasteiger partial charge is 0.437 e. The number of anilines is 1. The summed E-state index contributed by atoms with van der Waals surface area (Å²) >= 11 is 2.06. The number of nitrogens with two attached hydrogens (primary N) is 1. The second kappa shape index (κ2) is 5.30. The number of carbonyl (C=O) groups excluding carboxylic acids is 1. The van der Waals surface area contributed by atoms with Gasteiger partial charge >= 0.3 is 0 Å². The second-order valence-corrected chi connectivity index (χ2v) is 4.75. The Balaban J connectivity index is 2.41. The van der Waals surface area contributed by atoms with E-state index in [0.717, 1.165) is 3.57 Å². The molecular weight excluding hydrogens is 345 g/mol. The van der Waals surface area contributed by atoms with Gasteiger partial charge in [-0.05, 0) is 47.7 Å². The van der Waals surface area contributed by atoms with E-state index < -0.39 is 0 Å². The second-order valence-electron chi connectivity index (χ2n) is 3.59. The van der Waals surface area contributed by atoms with Crippen LogP contribution in [0.15, 0.2) is 30.7 Å². The molecule has 0 saturated heterocycles. The molecule has 6 heteroatoms. The molecule has 1 aromatic carbocycles. The molecule has 18 heavy (non-hydrogen) atoms. The van der Waals surface area contributed by atoms with Gasteiger partial charge in [-0.15, -0.1) is 0 Å². The molecule has 92 valence electrons. The molecule has 2 aromatic rings. The highest BCUT2D eigenvalue weighted by molar-refractivity contribution is 14.1. The maximum atomic E-state index is 11.5. The van der Waals surface area contributed by atoms with Crippen LogP contribution in [0.25, 0.3) is 0 Å². The quantitative estimate of drug-likeness (QED) is 0.520. The van der Waals surface area contributed by atoms with Gasteiger partial charge in [0.25, 0.3) is 0 Å². The van der Waals surface area contributed by atoms with Gasteiger partial charge in [0.05, 0.1) is 9.13 Å². The van der Waals surface area contributed by atoms with Crippen LogP contribution in [0.2, 0.25) is 0 Å². The molecule has 1 heterocycles. The highest BCUT2D eigenvalue weighted by Crippen LogP contribution is 2.28. The number of benzene rings is 1. The SMILES string of the molecule is CC(=O)c1cc(N)ccc1Oc1ncncc1I. The van der Waals surface area contributed by atoms with Crippen LogP contribution in [0.5, 0.6) is 11.6 Å². The van der Waals surface area contributed by atoms with Crippen molar-refractivity contribution < 1.29 is 9.53 Å². The molecule has 0 aliphatic rings. The van der Waals surface area contributed by atoms with Gasteiger partial charge in [-0.2, -0.15) is 0 Å². The van der Waals surface area contributed by atoms with E-state index in [4.69, 9.17) is 10.5 Å². The van der Waals surface area contributed by atoms with Crippen LogP contribution in [-0.2, 0) is 0 Å². The topological polar surface area (TPSA) is 78.1 Å². The van der Waals surface area contributed by atoms with Gasteiger partial charge < -0.3 is 10.5 Å². The lowest BCUT2D eigenvalue weighted by atomic mass is 10.1. The van der Waals surface area contributed by atoms with Crippen LogP contribution in [-0.4, -0.2) is 15.8 Å². The van der Waals surface area contributed by atoms with Gasteiger partial charge in [-0.1, -0.05) is 0 Å². The average molecular weight is 355 g/mol. The number of ether oxygens (including phenoxy) is 1. The lowest BCUT2D eigenvalue weighted by molar-refractivity contribution is 0.101. The first kappa shape index (κ1) is 12.7. The maximum absolute atomic E-state index is 11.5. The number of nitrogen functional groups attached to an aromatic ring is 1. The molecule has 1 aromatic heterocycles. The Morgan fingerprint density at radius 3 is 2.89 bits per heavy atom. The molecule has 0 spiro atoms. The van der Waals surface area contributed by atoms with Crippen molar-refractivity contribution in [3.8, 4) is 11.6 Å². The smallest absolute Gasteiger partial charge is 0.235 e. The predicted molar refractivity (Wildman–Crippen MR) is 75.7 cm³/mol. The summed E-state index contributed by atoms with van der Waals surface area (Å²) < 4.78 is 6.39. The highest BCUT2D eigenvalue weighted by Gasteiger charge is 2.12. The number of hydrogen-bond donors (Lipinski definition) is 1. The zero-order valence-electron chi connectivity index (χ0n) is 9.55. The van der Waals surface area contributed by atoms with Gasteiger partial charge in [0.1, 0.15) is 12.1 Å². The van der Waals surface area contributed by atoms with Crippen molar-refractivity contribution in [2.75, 3.05) is 5.73 Å². The van der Waals surface area contributed by atoms with E-state index in [9.17, 15) is 4.79 Å². The number of halogens is 1. The van der Waals surface area contributed by atoms with Crippen LogP contribution in [0.3, 0.4) is 0 Å². The summed E-state index contributed by atoms with van der Waals surface area (Å²) in [6.07, 6.45) is 3.02. The minimum absolute atomic E-state index is 0.110. The predicted octanol–water partition coefficient (Wildman–Crippen LogP) is 2.66. The average Bonchev–Trinajstić information content (AvgIpc) is 2.34. The summed E-state index contributed by atoms with van der Waals surface area (Å²) in [6.45, 7) is 1.46. The highest BCUT2D eigenvalue weighted by atomic mass is 127. The molecule has 2 N–H and O–H groups in total. The van der Waals surface area contributed by atoms with Crippen LogP contribution in [0.1, 0.15) is 17.3 Å². The molecule has 0 amide bonds. The Kier molecular flexibility index (Phi) is 3.75. The molecule has 5 nitrogen and oxygen atoms in total. The van der Waals surface area contributed by atoms with Gasteiger partial charge in [-0.3, -0.25) is 4.79 Å². The monoisotopic (exact) mass is 355 g/mol. The third kappa shape index (κ3) is 2.76. The summed E-state index contributed by atoms with van der Waals surface area (Å²) in [5.74, 6) is 0.743. The molecule has 0 aliphatic heterocycles. The van der Waals surface area contributed by atoms with E-state index in [-0.39, 0.29) is 5.78 Å². The molecule has 2 rings (SSSR count).